The van der Waals surface area contributed by atoms with E-state index in [0.717, 1.165) is 12.1 Å². The molecule has 0 spiro atoms. The van der Waals surface area contributed by atoms with Gasteiger partial charge in [0.25, 0.3) is 11.8 Å². The maximum absolute atomic E-state index is 14.1. The SMILES string of the molecule is CN1CCCCN(C(=O)c2ccc(F)cc2F)CCOc2ccc(Cl)cc2C1=O. The lowest BCUT2D eigenvalue weighted by Gasteiger charge is -2.26. The van der Waals surface area contributed by atoms with Gasteiger partial charge in [0.05, 0.1) is 17.7 Å². The van der Waals surface area contributed by atoms with Crippen LogP contribution in [0.5, 0.6) is 5.75 Å². The molecule has 0 aromatic heterocycles. The Balaban J connectivity index is 1.82. The van der Waals surface area contributed by atoms with E-state index in [1.54, 1.807) is 30.1 Å². The molecule has 0 aliphatic carbocycles. The van der Waals surface area contributed by atoms with Crippen LogP contribution in [0.3, 0.4) is 0 Å². The number of ether oxygens (including phenoxy) is 1. The summed E-state index contributed by atoms with van der Waals surface area (Å²) in [5.74, 6) is -1.98. The second-order valence-electron chi connectivity index (χ2n) is 6.84. The average molecular weight is 423 g/mol. The first-order chi connectivity index (χ1) is 13.9. The Hall–Kier alpha value is -2.67. The summed E-state index contributed by atoms with van der Waals surface area (Å²) in [4.78, 5) is 28.5. The van der Waals surface area contributed by atoms with Crippen molar-refractivity contribution in [3.63, 3.8) is 0 Å². The van der Waals surface area contributed by atoms with Crippen LogP contribution < -0.4 is 4.74 Å². The van der Waals surface area contributed by atoms with E-state index in [0.29, 0.717) is 48.3 Å². The van der Waals surface area contributed by atoms with Gasteiger partial charge in [-0.05, 0) is 43.2 Å². The number of benzene rings is 2. The summed E-state index contributed by atoms with van der Waals surface area (Å²) >= 11 is 6.03. The Bertz CT molecular complexity index is 923. The van der Waals surface area contributed by atoms with Crippen molar-refractivity contribution in [2.45, 2.75) is 12.8 Å². The molecule has 2 aromatic rings. The van der Waals surface area contributed by atoms with E-state index in [9.17, 15) is 18.4 Å². The summed E-state index contributed by atoms with van der Waals surface area (Å²) in [6.45, 7) is 1.16. The van der Waals surface area contributed by atoms with Crippen molar-refractivity contribution < 1.29 is 23.1 Å². The molecule has 2 aromatic carbocycles. The van der Waals surface area contributed by atoms with Crippen molar-refractivity contribution in [2.75, 3.05) is 33.3 Å². The zero-order valence-corrected chi connectivity index (χ0v) is 16.7. The lowest BCUT2D eigenvalue weighted by Crippen LogP contribution is -2.37. The van der Waals surface area contributed by atoms with Gasteiger partial charge in [0.15, 0.2) is 0 Å². The first kappa shape index (κ1) is 21.0. The summed E-state index contributed by atoms with van der Waals surface area (Å²) < 4.78 is 33.0. The number of nitrogens with zero attached hydrogens (tertiary/aromatic N) is 2. The first-order valence-corrected chi connectivity index (χ1v) is 9.67. The largest absolute Gasteiger partial charge is 0.491 e. The molecule has 0 saturated heterocycles. The Morgan fingerprint density at radius 1 is 1.07 bits per heavy atom. The van der Waals surface area contributed by atoms with Crippen LogP contribution in [0.4, 0.5) is 8.78 Å². The molecule has 2 amide bonds. The van der Waals surface area contributed by atoms with Gasteiger partial charge in [0, 0.05) is 31.2 Å². The molecule has 8 heteroatoms. The molecule has 0 saturated carbocycles. The zero-order chi connectivity index (χ0) is 21.0. The van der Waals surface area contributed by atoms with Crippen LogP contribution >= 0.6 is 11.6 Å². The van der Waals surface area contributed by atoms with Crippen LogP contribution in [0, 0.1) is 11.6 Å². The number of hydrogen-bond acceptors (Lipinski definition) is 3. The molecule has 0 fully saturated rings. The van der Waals surface area contributed by atoms with Gasteiger partial charge in [-0.2, -0.15) is 0 Å². The molecule has 5 nitrogen and oxygen atoms in total. The molecular formula is C21H21ClF2N2O3. The van der Waals surface area contributed by atoms with Gasteiger partial charge in [-0.15, -0.1) is 0 Å². The molecule has 29 heavy (non-hydrogen) atoms. The van der Waals surface area contributed by atoms with Crippen molar-refractivity contribution in [1.29, 1.82) is 0 Å². The molecule has 1 heterocycles. The standard InChI is InChI=1S/C21H21ClF2N2O3/c1-25-8-2-3-9-26(21(28)16-6-5-15(23)13-18(16)24)10-11-29-19-7-4-14(22)12-17(19)20(25)27/h4-7,12-13H,2-3,8-11H2,1H3. The lowest BCUT2D eigenvalue weighted by atomic mass is 10.1. The topological polar surface area (TPSA) is 49.9 Å². The number of halogens is 3. The zero-order valence-electron chi connectivity index (χ0n) is 16.0. The van der Waals surface area contributed by atoms with Crippen molar-refractivity contribution in [2.24, 2.45) is 0 Å². The van der Waals surface area contributed by atoms with Crippen molar-refractivity contribution in [3.8, 4) is 5.75 Å². The Labute approximate surface area is 172 Å². The molecule has 0 unspecified atom stereocenters. The van der Waals surface area contributed by atoms with Gasteiger partial charge in [-0.1, -0.05) is 11.6 Å². The summed E-state index contributed by atoms with van der Waals surface area (Å²) in [6.07, 6.45) is 1.28. The van der Waals surface area contributed by atoms with Crippen LogP contribution in [0.2, 0.25) is 5.02 Å². The van der Waals surface area contributed by atoms with Crippen molar-refractivity contribution in [3.05, 3.63) is 64.2 Å². The Morgan fingerprint density at radius 3 is 2.59 bits per heavy atom. The number of rotatable bonds is 1. The number of carbonyl (C=O) groups is 2. The van der Waals surface area contributed by atoms with Crippen LogP contribution in [-0.4, -0.2) is 54.9 Å². The second-order valence-corrected chi connectivity index (χ2v) is 7.28. The van der Waals surface area contributed by atoms with E-state index < -0.39 is 17.5 Å². The number of carbonyl (C=O) groups excluding carboxylic acids is 2. The third kappa shape index (κ3) is 5.03. The maximum Gasteiger partial charge on any atom is 0.257 e. The highest BCUT2D eigenvalue weighted by molar-refractivity contribution is 6.31. The van der Waals surface area contributed by atoms with E-state index >= 15 is 0 Å². The quantitative estimate of drug-likeness (QED) is 0.697. The number of amides is 2. The fourth-order valence-electron chi connectivity index (χ4n) is 3.17. The smallest absolute Gasteiger partial charge is 0.257 e. The second kappa shape index (κ2) is 9.22. The van der Waals surface area contributed by atoms with Gasteiger partial charge in [-0.25, -0.2) is 8.78 Å². The molecule has 0 bridgehead atoms. The molecule has 1 aliphatic rings. The highest BCUT2D eigenvalue weighted by Crippen LogP contribution is 2.25. The highest BCUT2D eigenvalue weighted by atomic mass is 35.5. The van der Waals surface area contributed by atoms with Crippen molar-refractivity contribution in [1.82, 2.24) is 9.80 Å². The number of hydrogen-bond donors (Lipinski definition) is 0. The summed E-state index contributed by atoms with van der Waals surface area (Å²) in [7, 11) is 1.69. The molecule has 0 atom stereocenters. The Morgan fingerprint density at radius 2 is 1.83 bits per heavy atom. The highest BCUT2D eigenvalue weighted by Gasteiger charge is 2.22. The molecule has 1 aliphatic heterocycles. The van der Waals surface area contributed by atoms with Gasteiger partial charge < -0.3 is 14.5 Å². The van der Waals surface area contributed by atoms with Crippen LogP contribution in [0.25, 0.3) is 0 Å². The predicted octanol–water partition coefficient (Wildman–Crippen LogP) is 4.01. The molecular weight excluding hydrogens is 402 g/mol. The first-order valence-electron chi connectivity index (χ1n) is 9.29. The van der Waals surface area contributed by atoms with E-state index in [2.05, 4.69) is 0 Å². The molecule has 3 rings (SSSR count). The van der Waals surface area contributed by atoms with Gasteiger partial charge in [0.2, 0.25) is 0 Å². The minimum absolute atomic E-state index is 0.111. The summed E-state index contributed by atoms with van der Waals surface area (Å²) in [6, 6.07) is 7.69. The maximum atomic E-state index is 14.1. The number of fused-ring (bicyclic) bond motifs is 1. The molecule has 0 N–H and O–H groups in total. The molecule has 0 radical (unpaired) electrons. The predicted molar refractivity (Wildman–Crippen MR) is 105 cm³/mol. The fourth-order valence-corrected chi connectivity index (χ4v) is 3.34. The van der Waals surface area contributed by atoms with Crippen LogP contribution in [0.15, 0.2) is 36.4 Å². The average Bonchev–Trinajstić information content (AvgIpc) is 2.68. The third-order valence-electron chi connectivity index (χ3n) is 4.76. The van der Waals surface area contributed by atoms with E-state index in [1.807, 2.05) is 0 Å². The van der Waals surface area contributed by atoms with E-state index in [-0.39, 0.29) is 24.6 Å². The van der Waals surface area contributed by atoms with Gasteiger partial charge >= 0.3 is 0 Å². The minimum atomic E-state index is -0.896. The monoisotopic (exact) mass is 422 g/mol. The van der Waals surface area contributed by atoms with Crippen LogP contribution in [-0.2, 0) is 0 Å². The van der Waals surface area contributed by atoms with Crippen LogP contribution in [0.1, 0.15) is 33.6 Å². The summed E-state index contributed by atoms with van der Waals surface area (Å²) in [5, 5.41) is 0.421. The minimum Gasteiger partial charge on any atom is -0.491 e. The van der Waals surface area contributed by atoms with E-state index in [4.69, 9.17) is 16.3 Å². The lowest BCUT2D eigenvalue weighted by molar-refractivity contribution is 0.0700. The van der Waals surface area contributed by atoms with Gasteiger partial charge in [-0.3, -0.25) is 9.59 Å². The van der Waals surface area contributed by atoms with Crippen molar-refractivity contribution >= 4 is 23.4 Å². The Kier molecular flexibility index (Phi) is 6.69. The third-order valence-corrected chi connectivity index (χ3v) is 4.99. The normalized spacial score (nSPS) is 15.8. The molecule has 154 valence electrons. The fraction of sp³-hybridized carbons (Fsp3) is 0.333. The van der Waals surface area contributed by atoms with Gasteiger partial charge in [0.1, 0.15) is 24.0 Å². The van der Waals surface area contributed by atoms with E-state index in [1.165, 1.54) is 4.90 Å². The summed E-state index contributed by atoms with van der Waals surface area (Å²) in [5.41, 5.74) is 0.168.